The molecule has 8 nitrogen and oxygen atoms in total. The Labute approximate surface area is 165 Å². The van der Waals surface area contributed by atoms with E-state index >= 15 is 0 Å². The van der Waals surface area contributed by atoms with Crippen molar-refractivity contribution in [3.8, 4) is 0 Å². The van der Waals surface area contributed by atoms with Crippen LogP contribution in [0.4, 0.5) is 0 Å². The summed E-state index contributed by atoms with van der Waals surface area (Å²) in [5.74, 6) is 1.01. The Morgan fingerprint density at radius 3 is 2.57 bits per heavy atom. The predicted octanol–water partition coefficient (Wildman–Crippen LogP) is 1.36. The lowest BCUT2D eigenvalue weighted by Gasteiger charge is -2.40. The van der Waals surface area contributed by atoms with Crippen molar-refractivity contribution >= 4 is 15.9 Å². The number of nitrogens with one attached hydrogen (secondary N) is 2. The molecular weight excluding hydrogens is 380 g/mol. The van der Waals surface area contributed by atoms with Crippen LogP contribution >= 0.6 is 0 Å². The van der Waals surface area contributed by atoms with E-state index in [0.29, 0.717) is 31.0 Å². The zero-order valence-electron chi connectivity index (χ0n) is 16.0. The van der Waals surface area contributed by atoms with Crippen LogP contribution in [0.3, 0.4) is 0 Å². The van der Waals surface area contributed by atoms with E-state index in [4.69, 9.17) is 4.52 Å². The van der Waals surface area contributed by atoms with Gasteiger partial charge in [0.2, 0.25) is 10.0 Å². The molecule has 4 aliphatic rings. The third-order valence-corrected chi connectivity index (χ3v) is 9.14. The van der Waals surface area contributed by atoms with Gasteiger partial charge in [0.25, 0.3) is 5.91 Å². The Morgan fingerprint density at radius 2 is 1.93 bits per heavy atom. The molecule has 4 heterocycles. The number of sulfonamides is 1. The summed E-state index contributed by atoms with van der Waals surface area (Å²) in [6.45, 7) is 1.45. The van der Waals surface area contributed by atoms with Crippen molar-refractivity contribution in [3.63, 3.8) is 0 Å². The highest BCUT2D eigenvalue weighted by Crippen LogP contribution is 2.41. The molecule has 2 bridgehead atoms. The van der Waals surface area contributed by atoms with Gasteiger partial charge in [0, 0.05) is 36.7 Å². The third-order valence-electron chi connectivity index (χ3n) is 6.71. The van der Waals surface area contributed by atoms with Crippen LogP contribution in [0.1, 0.15) is 73.5 Å². The number of hydrogen-bond donors (Lipinski definition) is 2. The second kappa shape index (κ2) is 7.11. The minimum absolute atomic E-state index is 0.00434. The van der Waals surface area contributed by atoms with Gasteiger partial charge in [-0.05, 0) is 57.9 Å². The van der Waals surface area contributed by atoms with E-state index in [9.17, 15) is 13.2 Å². The fourth-order valence-electron chi connectivity index (χ4n) is 5.13. The summed E-state index contributed by atoms with van der Waals surface area (Å²) in [6.07, 6.45) is 6.96. The van der Waals surface area contributed by atoms with Crippen molar-refractivity contribution < 1.29 is 17.7 Å². The van der Waals surface area contributed by atoms with Gasteiger partial charge in [0.1, 0.15) is 5.76 Å². The molecule has 0 aromatic carbocycles. The highest BCUT2D eigenvalue weighted by molar-refractivity contribution is 7.89. The third kappa shape index (κ3) is 3.37. The standard InChI is InChI=1S/C19H28N4O4S/c24-19(17-10-18(27-22-17)12-3-4-12)21-13-8-14-5-6-15(9-13)23(14)28(25,26)16-2-1-7-20-11-16/h10,12-16,20H,1-9,11H2,(H,21,24)/t13?,14-,15+,16?. The maximum absolute atomic E-state index is 13.2. The molecule has 5 rings (SSSR count). The van der Waals surface area contributed by atoms with E-state index in [2.05, 4.69) is 15.8 Å². The van der Waals surface area contributed by atoms with Gasteiger partial charge in [-0.3, -0.25) is 4.79 Å². The molecular formula is C19H28N4O4S. The van der Waals surface area contributed by atoms with E-state index in [1.165, 1.54) is 0 Å². The van der Waals surface area contributed by atoms with Crippen molar-refractivity contribution in [3.05, 3.63) is 17.5 Å². The van der Waals surface area contributed by atoms with Crippen molar-refractivity contribution in [1.29, 1.82) is 0 Å². The van der Waals surface area contributed by atoms with Crippen molar-refractivity contribution in [1.82, 2.24) is 20.1 Å². The number of amides is 1. The number of aromatic nitrogens is 1. The maximum atomic E-state index is 13.2. The molecule has 0 spiro atoms. The number of fused-ring (bicyclic) bond motifs is 2. The zero-order chi connectivity index (χ0) is 19.3. The van der Waals surface area contributed by atoms with Gasteiger partial charge < -0.3 is 15.2 Å². The lowest BCUT2D eigenvalue weighted by molar-refractivity contribution is 0.0899. The molecule has 3 aliphatic heterocycles. The minimum Gasteiger partial charge on any atom is -0.360 e. The van der Waals surface area contributed by atoms with Crippen LogP contribution in [-0.2, 0) is 10.0 Å². The largest absolute Gasteiger partial charge is 0.360 e. The quantitative estimate of drug-likeness (QED) is 0.762. The smallest absolute Gasteiger partial charge is 0.273 e. The summed E-state index contributed by atoms with van der Waals surface area (Å²) in [5, 5.41) is 9.88. The summed E-state index contributed by atoms with van der Waals surface area (Å²) in [6, 6.07) is 1.73. The van der Waals surface area contributed by atoms with Crippen molar-refractivity contribution in [2.75, 3.05) is 13.1 Å². The van der Waals surface area contributed by atoms with Gasteiger partial charge in [-0.25, -0.2) is 8.42 Å². The first-order valence-electron chi connectivity index (χ1n) is 10.5. The van der Waals surface area contributed by atoms with Crippen LogP contribution in [0.25, 0.3) is 0 Å². The normalized spacial score (nSPS) is 33.7. The van der Waals surface area contributed by atoms with E-state index in [0.717, 1.165) is 50.8 Å². The fourth-order valence-corrected chi connectivity index (χ4v) is 7.48. The molecule has 1 aromatic rings. The molecule has 4 atom stereocenters. The number of hydrogen-bond acceptors (Lipinski definition) is 6. The zero-order valence-corrected chi connectivity index (χ0v) is 16.8. The first-order chi connectivity index (χ1) is 13.5. The molecule has 9 heteroatoms. The molecule has 0 radical (unpaired) electrons. The molecule has 28 heavy (non-hydrogen) atoms. The summed E-state index contributed by atoms with van der Waals surface area (Å²) < 4.78 is 33.5. The minimum atomic E-state index is -3.29. The summed E-state index contributed by atoms with van der Waals surface area (Å²) in [7, 11) is -3.29. The van der Waals surface area contributed by atoms with Gasteiger partial charge in [-0.2, -0.15) is 4.31 Å². The first kappa shape index (κ1) is 18.6. The molecule has 1 amide bonds. The average molecular weight is 409 g/mol. The number of carbonyl (C=O) groups excluding carboxylic acids is 1. The van der Waals surface area contributed by atoms with Gasteiger partial charge in [-0.15, -0.1) is 0 Å². The molecule has 1 aromatic heterocycles. The van der Waals surface area contributed by atoms with Gasteiger partial charge >= 0.3 is 0 Å². The molecule has 2 unspecified atom stereocenters. The fraction of sp³-hybridized carbons (Fsp3) is 0.789. The van der Waals surface area contributed by atoms with Crippen LogP contribution in [0.2, 0.25) is 0 Å². The summed E-state index contributed by atoms with van der Waals surface area (Å²) in [5.41, 5.74) is 0.331. The Balaban J connectivity index is 1.24. The Bertz CT molecular complexity index is 830. The van der Waals surface area contributed by atoms with Crippen LogP contribution in [0, 0.1) is 0 Å². The Kier molecular flexibility index (Phi) is 4.71. The summed E-state index contributed by atoms with van der Waals surface area (Å²) >= 11 is 0. The molecule has 154 valence electrons. The van der Waals surface area contributed by atoms with E-state index in [1.54, 1.807) is 10.4 Å². The van der Waals surface area contributed by atoms with Gasteiger partial charge in [0.05, 0.1) is 5.25 Å². The van der Waals surface area contributed by atoms with E-state index in [1.807, 2.05) is 0 Å². The SMILES string of the molecule is O=C(NC1C[C@H]2CC[C@@H](C1)N2S(=O)(=O)C1CCCNC1)c1cc(C2CC2)on1. The van der Waals surface area contributed by atoms with Crippen LogP contribution in [0.15, 0.2) is 10.6 Å². The molecule has 3 saturated heterocycles. The second-order valence-electron chi connectivity index (χ2n) is 8.76. The van der Waals surface area contributed by atoms with E-state index < -0.39 is 10.0 Å². The Hall–Kier alpha value is -1.45. The Morgan fingerprint density at radius 1 is 1.18 bits per heavy atom. The van der Waals surface area contributed by atoms with Crippen LogP contribution in [-0.4, -0.2) is 60.3 Å². The molecule has 4 fully saturated rings. The van der Waals surface area contributed by atoms with Gasteiger partial charge in [0.15, 0.2) is 5.69 Å². The lowest BCUT2D eigenvalue weighted by Crippen LogP contribution is -2.56. The summed E-state index contributed by atoms with van der Waals surface area (Å²) in [4.78, 5) is 12.6. The van der Waals surface area contributed by atoms with E-state index in [-0.39, 0.29) is 29.3 Å². The van der Waals surface area contributed by atoms with Crippen LogP contribution in [0.5, 0.6) is 0 Å². The number of piperidine rings is 2. The van der Waals surface area contributed by atoms with Crippen LogP contribution < -0.4 is 10.6 Å². The first-order valence-corrected chi connectivity index (χ1v) is 12.0. The second-order valence-corrected chi connectivity index (χ2v) is 10.9. The van der Waals surface area contributed by atoms with Gasteiger partial charge in [-0.1, -0.05) is 5.16 Å². The highest BCUT2D eigenvalue weighted by atomic mass is 32.2. The monoisotopic (exact) mass is 408 g/mol. The molecule has 2 N–H and O–H groups in total. The molecule has 1 aliphatic carbocycles. The van der Waals surface area contributed by atoms with Crippen molar-refractivity contribution in [2.45, 2.75) is 80.7 Å². The maximum Gasteiger partial charge on any atom is 0.273 e. The number of nitrogens with zero attached hydrogens (tertiary/aromatic N) is 2. The molecule has 1 saturated carbocycles. The lowest BCUT2D eigenvalue weighted by atomic mass is 9.99. The topological polar surface area (TPSA) is 105 Å². The average Bonchev–Trinajstić information content (AvgIpc) is 3.35. The highest BCUT2D eigenvalue weighted by Gasteiger charge is 2.49. The van der Waals surface area contributed by atoms with Crippen molar-refractivity contribution in [2.24, 2.45) is 0 Å². The number of carbonyl (C=O) groups is 1. The number of rotatable bonds is 5. The predicted molar refractivity (Wildman–Crippen MR) is 102 cm³/mol.